The third-order valence-electron chi connectivity index (χ3n) is 4.91. The van der Waals surface area contributed by atoms with Crippen molar-refractivity contribution in [1.29, 1.82) is 0 Å². The lowest BCUT2D eigenvalue weighted by Crippen LogP contribution is -2.30. The Bertz CT molecular complexity index is 1160. The van der Waals surface area contributed by atoms with Crippen molar-refractivity contribution < 1.29 is 4.79 Å². The van der Waals surface area contributed by atoms with Crippen LogP contribution in [-0.4, -0.2) is 30.9 Å². The lowest BCUT2D eigenvalue weighted by atomic mass is 10.0. The van der Waals surface area contributed by atoms with Gasteiger partial charge in [0, 0.05) is 11.3 Å². The Morgan fingerprint density at radius 3 is 2.53 bits per heavy atom. The largest absolute Gasteiger partial charge is 0.338 e. The highest BCUT2D eigenvalue weighted by Gasteiger charge is 2.21. The number of H-pyrrole nitrogens is 1. The fourth-order valence-corrected chi connectivity index (χ4v) is 3.46. The van der Waals surface area contributed by atoms with Crippen molar-refractivity contribution in [3.8, 4) is 0 Å². The molecule has 0 aliphatic rings. The summed E-state index contributed by atoms with van der Waals surface area (Å²) in [6.45, 7) is 6.45. The second-order valence-electron chi connectivity index (χ2n) is 7.38. The summed E-state index contributed by atoms with van der Waals surface area (Å²) in [5, 5.41) is 14.7. The molecule has 7 nitrogen and oxygen atoms in total. The Morgan fingerprint density at radius 2 is 1.87 bits per heavy atom. The van der Waals surface area contributed by atoms with Crippen molar-refractivity contribution in [3.05, 3.63) is 100 Å². The fraction of sp³-hybridized carbons (Fsp3) is 0.217. The number of benzene rings is 2. The van der Waals surface area contributed by atoms with E-state index in [1.165, 1.54) is 0 Å². The number of rotatable bonds is 6. The molecule has 2 heterocycles. The molecule has 152 valence electrons. The highest BCUT2D eigenvalue weighted by atomic mass is 16.1. The summed E-state index contributed by atoms with van der Waals surface area (Å²) in [6.07, 6.45) is 0. The van der Waals surface area contributed by atoms with E-state index >= 15 is 0 Å². The second kappa shape index (κ2) is 8.32. The predicted molar refractivity (Wildman–Crippen MR) is 114 cm³/mol. The molecule has 0 bridgehead atoms. The molecule has 2 aromatic carbocycles. The molecule has 4 aromatic rings. The fourth-order valence-electron chi connectivity index (χ4n) is 3.46. The third kappa shape index (κ3) is 4.30. The standard InChI is InChI=1S/C23H24N6O/c1-15-12-16(2)29(28-15)14-18-8-7-11-20(13-18)23(30)25-21(19-9-5-4-6-10-19)22-24-17(3)26-27-22/h4-13,21H,14H2,1-3H3,(H,25,30)(H,24,26,27). The lowest BCUT2D eigenvalue weighted by Gasteiger charge is -2.17. The van der Waals surface area contributed by atoms with Gasteiger partial charge < -0.3 is 5.32 Å². The monoisotopic (exact) mass is 400 g/mol. The number of aromatic amines is 1. The van der Waals surface area contributed by atoms with Crippen LogP contribution >= 0.6 is 0 Å². The highest BCUT2D eigenvalue weighted by Crippen LogP contribution is 2.20. The van der Waals surface area contributed by atoms with Gasteiger partial charge in [0.2, 0.25) is 0 Å². The van der Waals surface area contributed by atoms with Crippen LogP contribution in [0.1, 0.15) is 50.6 Å². The van der Waals surface area contributed by atoms with Gasteiger partial charge in [0.1, 0.15) is 11.9 Å². The van der Waals surface area contributed by atoms with Crippen LogP contribution in [0.15, 0.2) is 60.7 Å². The molecule has 1 unspecified atom stereocenters. The normalized spacial score (nSPS) is 12.0. The summed E-state index contributed by atoms with van der Waals surface area (Å²) < 4.78 is 1.94. The molecule has 0 radical (unpaired) electrons. The van der Waals surface area contributed by atoms with Crippen molar-refractivity contribution in [2.24, 2.45) is 0 Å². The van der Waals surface area contributed by atoms with E-state index in [-0.39, 0.29) is 5.91 Å². The van der Waals surface area contributed by atoms with Gasteiger partial charge in [0.15, 0.2) is 5.82 Å². The van der Waals surface area contributed by atoms with Crippen LogP contribution in [0.3, 0.4) is 0 Å². The van der Waals surface area contributed by atoms with E-state index in [9.17, 15) is 4.79 Å². The molecular weight excluding hydrogens is 376 g/mol. The van der Waals surface area contributed by atoms with E-state index in [0.29, 0.717) is 23.8 Å². The zero-order chi connectivity index (χ0) is 21.1. The van der Waals surface area contributed by atoms with Crippen molar-refractivity contribution >= 4 is 5.91 Å². The molecule has 0 saturated carbocycles. The van der Waals surface area contributed by atoms with Crippen LogP contribution in [0.25, 0.3) is 0 Å². The molecule has 0 aliphatic carbocycles. The second-order valence-corrected chi connectivity index (χ2v) is 7.38. The van der Waals surface area contributed by atoms with Gasteiger partial charge in [-0.15, -0.1) is 0 Å². The highest BCUT2D eigenvalue weighted by molar-refractivity contribution is 5.94. The number of nitrogens with one attached hydrogen (secondary N) is 2. The van der Waals surface area contributed by atoms with Crippen LogP contribution in [0.2, 0.25) is 0 Å². The molecule has 7 heteroatoms. The molecule has 30 heavy (non-hydrogen) atoms. The average molecular weight is 400 g/mol. The number of hydrogen-bond acceptors (Lipinski definition) is 4. The van der Waals surface area contributed by atoms with Crippen LogP contribution in [0.5, 0.6) is 0 Å². The maximum absolute atomic E-state index is 13.1. The number of aryl methyl sites for hydroxylation is 3. The first-order valence-electron chi connectivity index (χ1n) is 9.84. The van der Waals surface area contributed by atoms with E-state index in [4.69, 9.17) is 0 Å². The molecule has 2 N–H and O–H groups in total. The molecule has 0 fully saturated rings. The number of carbonyl (C=O) groups is 1. The van der Waals surface area contributed by atoms with Crippen molar-refractivity contribution in [2.45, 2.75) is 33.4 Å². The quantitative estimate of drug-likeness (QED) is 0.518. The molecule has 0 spiro atoms. The van der Waals surface area contributed by atoms with Gasteiger partial charge in [0.25, 0.3) is 5.91 Å². The number of amides is 1. The lowest BCUT2D eigenvalue weighted by molar-refractivity contribution is 0.0941. The predicted octanol–water partition coefficient (Wildman–Crippen LogP) is 3.49. The SMILES string of the molecule is Cc1cc(C)n(Cc2cccc(C(=O)NC(c3ccccc3)c3n[nH]c(C)n3)c2)n1. The van der Waals surface area contributed by atoms with Gasteiger partial charge in [0.05, 0.1) is 12.2 Å². The summed E-state index contributed by atoms with van der Waals surface area (Å²) in [5.74, 6) is 1.06. The Labute approximate surface area is 175 Å². The Hall–Kier alpha value is -3.74. The topological polar surface area (TPSA) is 88.5 Å². The van der Waals surface area contributed by atoms with Gasteiger partial charge in [-0.1, -0.05) is 42.5 Å². The van der Waals surface area contributed by atoms with E-state index < -0.39 is 6.04 Å². The minimum Gasteiger partial charge on any atom is -0.338 e. The molecule has 4 rings (SSSR count). The van der Waals surface area contributed by atoms with E-state index in [2.05, 4.69) is 25.6 Å². The number of hydrogen-bond donors (Lipinski definition) is 2. The van der Waals surface area contributed by atoms with Gasteiger partial charge in [-0.3, -0.25) is 14.6 Å². The maximum atomic E-state index is 13.1. The minimum absolute atomic E-state index is 0.179. The van der Waals surface area contributed by atoms with Crippen LogP contribution in [-0.2, 0) is 6.54 Å². The summed E-state index contributed by atoms with van der Waals surface area (Å²) in [6, 6.07) is 18.9. The van der Waals surface area contributed by atoms with Crippen molar-refractivity contribution in [1.82, 2.24) is 30.3 Å². The summed E-state index contributed by atoms with van der Waals surface area (Å²) >= 11 is 0. The molecule has 1 amide bonds. The Kier molecular flexibility index (Phi) is 5.43. The average Bonchev–Trinajstić information content (AvgIpc) is 3.31. The molecule has 1 atom stereocenters. The number of aromatic nitrogens is 5. The number of nitrogens with zero attached hydrogens (tertiary/aromatic N) is 4. The molecule has 2 aromatic heterocycles. The Balaban J connectivity index is 1.58. The Morgan fingerprint density at radius 1 is 1.07 bits per heavy atom. The smallest absolute Gasteiger partial charge is 0.252 e. The van der Waals surface area contributed by atoms with Crippen molar-refractivity contribution in [3.63, 3.8) is 0 Å². The first-order valence-corrected chi connectivity index (χ1v) is 9.84. The third-order valence-corrected chi connectivity index (χ3v) is 4.91. The van der Waals surface area contributed by atoms with Gasteiger partial charge >= 0.3 is 0 Å². The molecular formula is C23H24N6O. The van der Waals surface area contributed by atoms with E-state index in [1.54, 1.807) is 0 Å². The van der Waals surface area contributed by atoms with Crippen LogP contribution in [0, 0.1) is 20.8 Å². The zero-order valence-corrected chi connectivity index (χ0v) is 17.3. The van der Waals surface area contributed by atoms with Crippen LogP contribution < -0.4 is 5.32 Å². The summed E-state index contributed by atoms with van der Waals surface area (Å²) in [4.78, 5) is 17.5. The number of carbonyl (C=O) groups excluding carboxylic acids is 1. The first kappa shape index (κ1) is 19.6. The molecule has 0 aliphatic heterocycles. The zero-order valence-electron chi connectivity index (χ0n) is 17.3. The van der Waals surface area contributed by atoms with Gasteiger partial charge in [-0.2, -0.15) is 10.2 Å². The maximum Gasteiger partial charge on any atom is 0.252 e. The summed E-state index contributed by atoms with van der Waals surface area (Å²) in [7, 11) is 0. The first-order chi connectivity index (χ1) is 14.5. The van der Waals surface area contributed by atoms with E-state index in [1.807, 2.05) is 86.1 Å². The van der Waals surface area contributed by atoms with Crippen molar-refractivity contribution in [2.75, 3.05) is 0 Å². The van der Waals surface area contributed by atoms with Gasteiger partial charge in [-0.05, 0) is 50.1 Å². The van der Waals surface area contributed by atoms with E-state index in [0.717, 1.165) is 22.5 Å². The summed E-state index contributed by atoms with van der Waals surface area (Å²) in [5.41, 5.74) is 4.59. The molecule has 0 saturated heterocycles. The minimum atomic E-state index is -0.441. The van der Waals surface area contributed by atoms with Crippen LogP contribution in [0.4, 0.5) is 0 Å². The van der Waals surface area contributed by atoms with Gasteiger partial charge in [-0.25, -0.2) is 4.98 Å².